The molecule has 4 aromatic rings. The second-order valence-corrected chi connectivity index (χ2v) is 9.19. The van der Waals surface area contributed by atoms with E-state index in [0.717, 1.165) is 31.0 Å². The normalized spacial score (nSPS) is 17.9. The quantitative estimate of drug-likeness (QED) is 0.343. The van der Waals surface area contributed by atoms with Gasteiger partial charge in [0.05, 0.1) is 11.7 Å². The smallest absolute Gasteiger partial charge is 0.270 e. The maximum absolute atomic E-state index is 14.6. The molecule has 3 heterocycles. The van der Waals surface area contributed by atoms with E-state index in [2.05, 4.69) is 30.6 Å². The molecule has 1 fully saturated rings. The van der Waals surface area contributed by atoms with Crippen molar-refractivity contribution in [2.24, 2.45) is 0 Å². The van der Waals surface area contributed by atoms with E-state index in [1.807, 2.05) is 13.0 Å². The Morgan fingerprint density at radius 2 is 2.00 bits per heavy atom. The lowest BCUT2D eigenvalue weighted by Crippen LogP contribution is -2.42. The number of anilines is 1. The predicted octanol–water partition coefficient (Wildman–Crippen LogP) is 5.41. The fourth-order valence-corrected chi connectivity index (χ4v) is 4.77. The van der Waals surface area contributed by atoms with Gasteiger partial charge in [-0.1, -0.05) is 17.7 Å². The van der Waals surface area contributed by atoms with E-state index in [1.54, 1.807) is 24.5 Å². The molecule has 0 unspecified atom stereocenters. The summed E-state index contributed by atoms with van der Waals surface area (Å²) in [7, 11) is 0. The second kappa shape index (κ2) is 9.58. The van der Waals surface area contributed by atoms with Crippen molar-refractivity contribution in [1.29, 1.82) is 0 Å². The van der Waals surface area contributed by atoms with Gasteiger partial charge < -0.3 is 15.6 Å². The molecule has 3 N–H and O–H groups in total. The lowest BCUT2D eigenvalue weighted by Gasteiger charge is -2.30. The summed E-state index contributed by atoms with van der Waals surface area (Å²) in [5.74, 6) is -0.990. The molecule has 2 atom stereocenters. The number of pyridine rings is 1. The minimum atomic E-state index is -0.590. The highest BCUT2D eigenvalue weighted by Gasteiger charge is 2.26. The zero-order chi connectivity index (χ0) is 24.5. The number of carbonyl (C=O) groups excluding carboxylic acids is 1. The number of amides is 1. The molecule has 0 aliphatic heterocycles. The van der Waals surface area contributed by atoms with Gasteiger partial charge in [0.1, 0.15) is 11.5 Å². The van der Waals surface area contributed by atoms with E-state index in [0.29, 0.717) is 23.1 Å². The molecule has 3 aromatic heterocycles. The maximum Gasteiger partial charge on any atom is 0.270 e. The monoisotopic (exact) mass is 496 g/mol. The van der Waals surface area contributed by atoms with Gasteiger partial charge in [0.2, 0.25) is 0 Å². The third-order valence-electron chi connectivity index (χ3n) is 6.27. The van der Waals surface area contributed by atoms with E-state index in [9.17, 15) is 13.6 Å². The topological polar surface area (TPSA) is 95.6 Å². The van der Waals surface area contributed by atoms with E-state index in [-0.39, 0.29) is 40.2 Å². The van der Waals surface area contributed by atoms with Gasteiger partial charge >= 0.3 is 0 Å². The number of carbonyl (C=O) groups is 1. The summed E-state index contributed by atoms with van der Waals surface area (Å²) >= 11 is 6.02. The van der Waals surface area contributed by atoms with Crippen molar-refractivity contribution in [1.82, 2.24) is 25.3 Å². The van der Waals surface area contributed by atoms with Crippen LogP contribution in [0.25, 0.3) is 22.3 Å². The Bertz CT molecular complexity index is 1410. The van der Waals surface area contributed by atoms with Crippen LogP contribution in [0.2, 0.25) is 5.02 Å². The van der Waals surface area contributed by atoms with Crippen molar-refractivity contribution in [3.8, 4) is 11.4 Å². The fourth-order valence-electron chi connectivity index (χ4n) is 4.56. The Labute approximate surface area is 205 Å². The summed E-state index contributed by atoms with van der Waals surface area (Å²) in [6.45, 7) is 1.85. The highest BCUT2D eigenvalue weighted by molar-refractivity contribution is 6.31. The molecule has 1 aromatic carbocycles. The van der Waals surface area contributed by atoms with Gasteiger partial charge in [0, 0.05) is 40.4 Å². The average molecular weight is 497 g/mol. The third-order valence-corrected chi connectivity index (χ3v) is 6.48. The Hall–Kier alpha value is -3.59. The van der Waals surface area contributed by atoms with Gasteiger partial charge in [-0.3, -0.25) is 9.78 Å². The molecular formula is C25H23ClF2N6O. The van der Waals surface area contributed by atoms with Gasteiger partial charge in [-0.05, 0) is 56.4 Å². The van der Waals surface area contributed by atoms with Gasteiger partial charge in [0.15, 0.2) is 17.5 Å². The van der Waals surface area contributed by atoms with Crippen LogP contribution in [0, 0.1) is 18.6 Å². The van der Waals surface area contributed by atoms with Crippen LogP contribution >= 0.6 is 11.6 Å². The minimum absolute atomic E-state index is 0.0596. The van der Waals surface area contributed by atoms with Gasteiger partial charge in [-0.2, -0.15) is 0 Å². The lowest BCUT2D eigenvalue weighted by molar-refractivity contribution is 0.0920. The molecule has 1 aliphatic carbocycles. The number of hydrogen-bond acceptors (Lipinski definition) is 5. The molecule has 7 nitrogen and oxygen atoms in total. The SMILES string of the molecule is Cc1cccnc1C(=O)N[C@@H]1CCC[C@H](Nc2nc(-c3c[nH]c4c(F)cc(Cl)cc34)ncc2F)C1. The largest absolute Gasteiger partial charge is 0.365 e. The first-order valence-electron chi connectivity index (χ1n) is 11.4. The molecule has 0 spiro atoms. The highest BCUT2D eigenvalue weighted by atomic mass is 35.5. The number of benzene rings is 1. The van der Waals surface area contributed by atoms with Crippen molar-refractivity contribution in [3.63, 3.8) is 0 Å². The number of rotatable bonds is 5. The van der Waals surface area contributed by atoms with Crippen LogP contribution in [0.15, 0.2) is 42.9 Å². The summed E-state index contributed by atoms with van der Waals surface area (Å²) in [4.78, 5) is 28.2. The molecular weight excluding hydrogens is 474 g/mol. The van der Waals surface area contributed by atoms with Crippen LogP contribution in [-0.4, -0.2) is 37.9 Å². The Morgan fingerprint density at radius 1 is 1.17 bits per heavy atom. The number of aromatic amines is 1. The molecule has 0 saturated heterocycles. The molecule has 1 saturated carbocycles. The van der Waals surface area contributed by atoms with Crippen LogP contribution in [0.3, 0.4) is 0 Å². The Kier molecular flexibility index (Phi) is 6.34. The first-order chi connectivity index (χ1) is 16.9. The first kappa shape index (κ1) is 23.2. The molecule has 10 heteroatoms. The van der Waals surface area contributed by atoms with E-state index in [4.69, 9.17) is 11.6 Å². The van der Waals surface area contributed by atoms with Crippen LogP contribution < -0.4 is 10.6 Å². The van der Waals surface area contributed by atoms with E-state index >= 15 is 0 Å². The molecule has 0 radical (unpaired) electrons. The Balaban J connectivity index is 1.33. The lowest BCUT2D eigenvalue weighted by atomic mass is 9.90. The summed E-state index contributed by atoms with van der Waals surface area (Å²) in [5, 5.41) is 6.98. The van der Waals surface area contributed by atoms with Crippen molar-refractivity contribution in [2.75, 3.05) is 5.32 Å². The van der Waals surface area contributed by atoms with Crippen molar-refractivity contribution < 1.29 is 13.6 Å². The summed E-state index contributed by atoms with van der Waals surface area (Å²) in [5.41, 5.74) is 2.01. The number of aromatic nitrogens is 4. The van der Waals surface area contributed by atoms with Crippen molar-refractivity contribution in [3.05, 3.63) is 70.8 Å². The zero-order valence-electron chi connectivity index (χ0n) is 18.9. The van der Waals surface area contributed by atoms with Gasteiger partial charge in [0.25, 0.3) is 5.91 Å². The zero-order valence-corrected chi connectivity index (χ0v) is 19.7. The predicted molar refractivity (Wildman–Crippen MR) is 130 cm³/mol. The van der Waals surface area contributed by atoms with Crippen molar-refractivity contribution >= 4 is 34.2 Å². The Morgan fingerprint density at radius 3 is 2.83 bits per heavy atom. The minimum Gasteiger partial charge on any atom is -0.365 e. The number of nitrogens with one attached hydrogen (secondary N) is 3. The van der Waals surface area contributed by atoms with Crippen LogP contribution in [0.5, 0.6) is 0 Å². The van der Waals surface area contributed by atoms with Gasteiger partial charge in [-0.25, -0.2) is 18.7 Å². The van der Waals surface area contributed by atoms with E-state index in [1.165, 1.54) is 6.07 Å². The number of halogens is 3. The number of H-pyrrole nitrogens is 1. The number of aryl methyl sites for hydroxylation is 1. The maximum atomic E-state index is 14.6. The fraction of sp³-hybridized carbons (Fsp3) is 0.280. The first-order valence-corrected chi connectivity index (χ1v) is 11.7. The summed E-state index contributed by atoms with van der Waals surface area (Å²) in [6, 6.07) is 6.31. The summed E-state index contributed by atoms with van der Waals surface area (Å²) < 4.78 is 28.9. The molecule has 35 heavy (non-hydrogen) atoms. The van der Waals surface area contributed by atoms with Crippen LogP contribution in [-0.2, 0) is 0 Å². The molecule has 1 aliphatic rings. The highest BCUT2D eigenvalue weighted by Crippen LogP contribution is 2.32. The standard InChI is InChI=1S/C25H23ClF2N6O/c1-13-4-3-7-29-21(13)25(35)33-16-6-2-5-15(10-16)32-24-20(28)12-31-23(34-24)18-11-30-22-17(18)8-14(26)9-19(22)27/h3-4,7-9,11-12,15-16,30H,2,5-6,10H2,1H3,(H,33,35)(H,31,32,34)/t15-,16+/m0/s1. The number of fused-ring (bicyclic) bond motifs is 1. The average Bonchev–Trinajstić information content (AvgIpc) is 3.25. The molecule has 0 bridgehead atoms. The van der Waals surface area contributed by atoms with E-state index < -0.39 is 11.6 Å². The second-order valence-electron chi connectivity index (χ2n) is 8.75. The van der Waals surface area contributed by atoms with Gasteiger partial charge in [-0.15, -0.1) is 0 Å². The molecule has 1 amide bonds. The van der Waals surface area contributed by atoms with Crippen LogP contribution in [0.1, 0.15) is 41.7 Å². The van der Waals surface area contributed by atoms with Crippen molar-refractivity contribution in [2.45, 2.75) is 44.7 Å². The number of hydrogen-bond donors (Lipinski definition) is 3. The number of nitrogens with zero attached hydrogens (tertiary/aromatic N) is 3. The third kappa shape index (κ3) is 4.81. The van der Waals surface area contributed by atoms with Crippen LogP contribution in [0.4, 0.5) is 14.6 Å². The molecule has 180 valence electrons. The summed E-state index contributed by atoms with van der Waals surface area (Å²) in [6.07, 6.45) is 7.38. The molecule has 5 rings (SSSR count).